The summed E-state index contributed by atoms with van der Waals surface area (Å²) < 4.78 is 39.3. The first-order valence-electron chi connectivity index (χ1n) is 8.18. The number of amides is 2. The first-order chi connectivity index (χ1) is 11.9. The lowest BCUT2D eigenvalue weighted by Crippen LogP contribution is -2.35. The Morgan fingerprint density at radius 1 is 1.04 bits per heavy atom. The van der Waals surface area contributed by atoms with Crippen LogP contribution in [-0.4, -0.2) is 17.5 Å². The van der Waals surface area contributed by atoms with E-state index in [1.54, 1.807) is 0 Å². The van der Waals surface area contributed by atoms with E-state index in [0.717, 1.165) is 24.5 Å². The van der Waals surface area contributed by atoms with Crippen molar-refractivity contribution in [3.63, 3.8) is 0 Å². The molecule has 25 heavy (non-hydrogen) atoms. The SMILES string of the molecule is CCCCN(Cc1ccccc1)C(=O)Nc1ccccc1C(F)(F)F. The number of nitrogens with zero attached hydrogens (tertiary/aromatic N) is 1. The molecule has 134 valence electrons. The highest BCUT2D eigenvalue weighted by Crippen LogP contribution is 2.34. The van der Waals surface area contributed by atoms with Crippen LogP contribution >= 0.6 is 0 Å². The summed E-state index contributed by atoms with van der Waals surface area (Å²) in [7, 11) is 0. The fourth-order valence-corrected chi connectivity index (χ4v) is 2.44. The van der Waals surface area contributed by atoms with Crippen molar-refractivity contribution in [1.82, 2.24) is 4.90 Å². The van der Waals surface area contributed by atoms with Gasteiger partial charge in [-0.2, -0.15) is 13.2 Å². The standard InChI is InChI=1S/C19H21F3N2O/c1-2-3-13-24(14-15-9-5-4-6-10-15)18(25)23-17-12-8-7-11-16(17)19(20,21)22/h4-12H,2-3,13-14H2,1H3,(H,23,25). The highest BCUT2D eigenvalue weighted by molar-refractivity contribution is 5.90. The summed E-state index contributed by atoms with van der Waals surface area (Å²) in [5.41, 5.74) is -0.147. The summed E-state index contributed by atoms with van der Waals surface area (Å²) in [5.74, 6) is 0. The molecule has 2 rings (SSSR count). The first-order valence-corrected chi connectivity index (χ1v) is 8.18. The van der Waals surface area contributed by atoms with E-state index >= 15 is 0 Å². The van der Waals surface area contributed by atoms with E-state index in [-0.39, 0.29) is 5.69 Å². The van der Waals surface area contributed by atoms with Gasteiger partial charge >= 0.3 is 12.2 Å². The lowest BCUT2D eigenvalue weighted by molar-refractivity contribution is -0.136. The van der Waals surface area contributed by atoms with Gasteiger partial charge in [-0.3, -0.25) is 0 Å². The van der Waals surface area contributed by atoms with Crippen molar-refractivity contribution < 1.29 is 18.0 Å². The van der Waals surface area contributed by atoms with E-state index in [4.69, 9.17) is 0 Å². The third kappa shape index (κ3) is 5.52. The number of alkyl halides is 3. The second kappa shape index (κ2) is 8.55. The molecule has 2 amide bonds. The highest BCUT2D eigenvalue weighted by atomic mass is 19.4. The van der Waals surface area contributed by atoms with Gasteiger partial charge in [0.2, 0.25) is 0 Å². The van der Waals surface area contributed by atoms with E-state index in [1.807, 2.05) is 37.3 Å². The molecule has 0 aliphatic carbocycles. The summed E-state index contributed by atoms with van der Waals surface area (Å²) in [4.78, 5) is 14.1. The average Bonchev–Trinajstić information content (AvgIpc) is 2.59. The van der Waals surface area contributed by atoms with Crippen molar-refractivity contribution in [2.45, 2.75) is 32.5 Å². The minimum absolute atomic E-state index is 0.227. The molecule has 0 aromatic heterocycles. The van der Waals surface area contributed by atoms with Crippen LogP contribution in [0.5, 0.6) is 0 Å². The molecule has 0 fully saturated rings. The molecule has 1 N–H and O–H groups in total. The van der Waals surface area contributed by atoms with Crippen molar-refractivity contribution in [1.29, 1.82) is 0 Å². The molecular formula is C19H21F3N2O. The number of urea groups is 1. The van der Waals surface area contributed by atoms with Crippen molar-refractivity contribution in [2.75, 3.05) is 11.9 Å². The number of halogens is 3. The van der Waals surface area contributed by atoms with Crippen molar-refractivity contribution in [3.05, 3.63) is 65.7 Å². The Balaban J connectivity index is 2.17. The predicted molar refractivity (Wildman–Crippen MR) is 92.2 cm³/mol. The zero-order chi connectivity index (χ0) is 18.3. The predicted octanol–water partition coefficient (Wildman–Crippen LogP) is 5.54. The number of carbonyl (C=O) groups excluding carboxylic acids is 1. The second-order valence-corrected chi connectivity index (χ2v) is 5.73. The van der Waals surface area contributed by atoms with Gasteiger partial charge in [-0.1, -0.05) is 55.8 Å². The topological polar surface area (TPSA) is 32.3 Å². The molecule has 0 radical (unpaired) electrons. The molecule has 0 bridgehead atoms. The first kappa shape index (κ1) is 18.8. The van der Waals surface area contributed by atoms with Crippen LogP contribution in [0.3, 0.4) is 0 Å². The number of anilines is 1. The number of unbranched alkanes of at least 4 members (excludes halogenated alkanes) is 1. The van der Waals surface area contributed by atoms with Gasteiger partial charge in [-0.05, 0) is 24.1 Å². The molecule has 0 unspecified atom stereocenters. The Bertz CT molecular complexity index is 687. The second-order valence-electron chi connectivity index (χ2n) is 5.73. The van der Waals surface area contributed by atoms with Crippen molar-refractivity contribution in [3.8, 4) is 0 Å². The molecule has 0 heterocycles. The number of rotatable bonds is 6. The van der Waals surface area contributed by atoms with Crippen LogP contribution in [0.15, 0.2) is 54.6 Å². The monoisotopic (exact) mass is 350 g/mol. The largest absolute Gasteiger partial charge is 0.418 e. The number of benzene rings is 2. The van der Waals surface area contributed by atoms with E-state index in [9.17, 15) is 18.0 Å². The van der Waals surface area contributed by atoms with Crippen LogP contribution in [0.1, 0.15) is 30.9 Å². The minimum Gasteiger partial charge on any atom is -0.320 e. The normalized spacial score (nSPS) is 11.2. The molecular weight excluding hydrogens is 329 g/mol. The number of para-hydroxylation sites is 1. The van der Waals surface area contributed by atoms with E-state index < -0.39 is 17.8 Å². The summed E-state index contributed by atoms with van der Waals surface area (Å²) in [6.07, 6.45) is -2.85. The minimum atomic E-state index is -4.52. The van der Waals surface area contributed by atoms with Gasteiger partial charge in [0.1, 0.15) is 0 Å². The number of hydrogen-bond acceptors (Lipinski definition) is 1. The molecule has 0 aliphatic rings. The Kier molecular flexibility index (Phi) is 6.44. The average molecular weight is 350 g/mol. The van der Waals surface area contributed by atoms with Gasteiger partial charge in [-0.25, -0.2) is 4.79 Å². The number of nitrogens with one attached hydrogen (secondary N) is 1. The fraction of sp³-hybridized carbons (Fsp3) is 0.316. The molecule has 3 nitrogen and oxygen atoms in total. The van der Waals surface area contributed by atoms with Crippen LogP contribution < -0.4 is 5.32 Å². The van der Waals surface area contributed by atoms with Gasteiger partial charge in [0.05, 0.1) is 11.3 Å². The zero-order valence-corrected chi connectivity index (χ0v) is 14.0. The Labute approximate surface area is 145 Å². The zero-order valence-electron chi connectivity index (χ0n) is 14.0. The summed E-state index contributed by atoms with van der Waals surface area (Å²) >= 11 is 0. The van der Waals surface area contributed by atoms with Crippen LogP contribution in [-0.2, 0) is 12.7 Å². The lowest BCUT2D eigenvalue weighted by Gasteiger charge is -2.24. The summed E-state index contributed by atoms with van der Waals surface area (Å²) in [6.45, 7) is 2.82. The maximum absolute atomic E-state index is 13.1. The van der Waals surface area contributed by atoms with Crippen LogP contribution in [0, 0.1) is 0 Å². The molecule has 2 aromatic rings. The Morgan fingerprint density at radius 3 is 2.32 bits per heavy atom. The van der Waals surface area contributed by atoms with Crippen LogP contribution in [0.4, 0.5) is 23.7 Å². The maximum atomic E-state index is 13.1. The van der Waals surface area contributed by atoms with E-state index in [0.29, 0.717) is 13.1 Å². The van der Waals surface area contributed by atoms with Crippen LogP contribution in [0.2, 0.25) is 0 Å². The van der Waals surface area contributed by atoms with Gasteiger partial charge < -0.3 is 10.2 Å². The van der Waals surface area contributed by atoms with Crippen LogP contribution in [0.25, 0.3) is 0 Å². The Morgan fingerprint density at radius 2 is 1.68 bits per heavy atom. The molecule has 6 heteroatoms. The molecule has 0 saturated carbocycles. The van der Waals surface area contributed by atoms with Gasteiger partial charge in [0, 0.05) is 13.1 Å². The summed E-state index contributed by atoms with van der Waals surface area (Å²) in [5, 5.41) is 2.41. The maximum Gasteiger partial charge on any atom is 0.418 e. The summed E-state index contributed by atoms with van der Waals surface area (Å²) in [6, 6.07) is 13.8. The van der Waals surface area contributed by atoms with E-state index in [1.165, 1.54) is 23.1 Å². The van der Waals surface area contributed by atoms with Crippen molar-refractivity contribution in [2.24, 2.45) is 0 Å². The lowest BCUT2D eigenvalue weighted by atomic mass is 10.1. The number of carbonyl (C=O) groups is 1. The van der Waals surface area contributed by atoms with E-state index in [2.05, 4.69) is 5.32 Å². The van der Waals surface area contributed by atoms with Crippen molar-refractivity contribution >= 4 is 11.7 Å². The third-order valence-corrected chi connectivity index (χ3v) is 3.76. The number of hydrogen-bond donors (Lipinski definition) is 1. The highest BCUT2D eigenvalue weighted by Gasteiger charge is 2.33. The van der Waals surface area contributed by atoms with Gasteiger partial charge in [0.15, 0.2) is 0 Å². The fourth-order valence-electron chi connectivity index (χ4n) is 2.44. The molecule has 0 aliphatic heterocycles. The molecule has 0 saturated heterocycles. The third-order valence-electron chi connectivity index (χ3n) is 3.76. The van der Waals surface area contributed by atoms with Gasteiger partial charge in [0.25, 0.3) is 0 Å². The molecule has 0 atom stereocenters. The Hall–Kier alpha value is -2.50. The quantitative estimate of drug-likeness (QED) is 0.729. The van der Waals surface area contributed by atoms with Gasteiger partial charge in [-0.15, -0.1) is 0 Å². The molecule has 2 aromatic carbocycles. The molecule has 0 spiro atoms. The smallest absolute Gasteiger partial charge is 0.320 e.